The summed E-state index contributed by atoms with van der Waals surface area (Å²) in [5, 5.41) is 5.82. The maximum absolute atomic E-state index is 12.7. The summed E-state index contributed by atoms with van der Waals surface area (Å²) >= 11 is 0. The number of fused-ring (bicyclic) bond motifs is 2. The first-order valence-corrected chi connectivity index (χ1v) is 12.5. The first kappa shape index (κ1) is 21.6. The van der Waals surface area contributed by atoms with E-state index in [-0.39, 0.29) is 24.2 Å². The lowest BCUT2D eigenvalue weighted by Gasteiger charge is -2.25. The number of nitrogens with zero attached hydrogens (tertiary/aromatic N) is 5. The highest BCUT2D eigenvalue weighted by molar-refractivity contribution is 7.88. The van der Waals surface area contributed by atoms with Crippen LogP contribution in [0.2, 0.25) is 0 Å². The number of sulfonamides is 1. The van der Waals surface area contributed by atoms with Crippen LogP contribution in [-0.4, -0.2) is 64.3 Å². The molecule has 12 heteroatoms. The molecule has 3 aromatic heterocycles. The van der Waals surface area contributed by atoms with Crippen molar-refractivity contribution in [1.82, 2.24) is 29.0 Å². The number of benzene rings is 1. The molecule has 5 heterocycles. The van der Waals surface area contributed by atoms with E-state index in [2.05, 4.69) is 25.6 Å². The number of anilines is 2. The number of morpholine rings is 1. The average Bonchev–Trinajstić information content (AvgIpc) is 3.52. The van der Waals surface area contributed by atoms with Crippen LogP contribution in [0.4, 0.5) is 11.4 Å². The first-order valence-electron chi connectivity index (χ1n) is 11.1. The topological polar surface area (TPSA) is 131 Å². The number of hydrogen-bond donors (Lipinski definition) is 2. The van der Waals surface area contributed by atoms with Gasteiger partial charge in [-0.3, -0.25) is 9.20 Å². The Kier molecular flexibility index (Phi) is 5.20. The standard InChI is InChI=1S/C23H21N7O4S/c31-22-18-2-1-15(11-16(18)12-25-22)20-4-3-19(21-24-5-6-30(20)21)28-17-13-26-23(27-14-17)35(32,33)29-7-9-34-10-8-29/h1-6,11,13-14,28H,7-10,12H2,(H,25,31). The Morgan fingerprint density at radius 3 is 2.63 bits per heavy atom. The molecule has 2 aliphatic rings. The SMILES string of the molecule is O=C1NCc2cc(-c3ccc(Nc4cnc(S(=O)(=O)N5CCOCC5)nc4)c4nccn34)ccc21. The van der Waals surface area contributed by atoms with E-state index in [9.17, 15) is 13.2 Å². The maximum atomic E-state index is 12.7. The third-order valence-corrected chi connectivity index (χ3v) is 7.80. The summed E-state index contributed by atoms with van der Waals surface area (Å²) < 4.78 is 34.0. The molecule has 1 amide bonds. The number of pyridine rings is 1. The van der Waals surface area contributed by atoms with Crippen molar-refractivity contribution in [2.24, 2.45) is 0 Å². The van der Waals surface area contributed by atoms with E-state index in [1.165, 1.54) is 16.7 Å². The Morgan fingerprint density at radius 2 is 1.83 bits per heavy atom. The molecule has 2 aliphatic heterocycles. The Labute approximate surface area is 200 Å². The molecule has 4 aromatic rings. The fraction of sp³-hybridized carbons (Fsp3) is 0.217. The molecule has 1 fully saturated rings. The Morgan fingerprint density at radius 1 is 1.03 bits per heavy atom. The van der Waals surface area contributed by atoms with E-state index in [0.29, 0.717) is 42.3 Å². The molecular formula is C23H21N7O4S. The van der Waals surface area contributed by atoms with Gasteiger partial charge in [-0.2, -0.15) is 4.31 Å². The quantitative estimate of drug-likeness (QED) is 0.404. The van der Waals surface area contributed by atoms with E-state index in [1.54, 1.807) is 6.20 Å². The second-order valence-corrected chi connectivity index (χ2v) is 10.0. The highest BCUT2D eigenvalue weighted by atomic mass is 32.2. The van der Waals surface area contributed by atoms with Crippen molar-refractivity contribution >= 4 is 33.0 Å². The van der Waals surface area contributed by atoms with Crippen LogP contribution >= 0.6 is 0 Å². The van der Waals surface area contributed by atoms with E-state index in [4.69, 9.17) is 4.74 Å². The van der Waals surface area contributed by atoms with Crippen LogP contribution < -0.4 is 10.6 Å². The Bertz CT molecular complexity index is 1540. The van der Waals surface area contributed by atoms with Crippen molar-refractivity contribution in [3.8, 4) is 11.3 Å². The van der Waals surface area contributed by atoms with Gasteiger partial charge in [0.05, 0.1) is 42.7 Å². The van der Waals surface area contributed by atoms with Gasteiger partial charge in [0, 0.05) is 37.6 Å². The monoisotopic (exact) mass is 491 g/mol. The molecule has 35 heavy (non-hydrogen) atoms. The second kappa shape index (κ2) is 8.41. The number of nitrogens with one attached hydrogen (secondary N) is 2. The highest BCUT2D eigenvalue weighted by Crippen LogP contribution is 2.29. The third-order valence-electron chi connectivity index (χ3n) is 6.08. The van der Waals surface area contributed by atoms with E-state index in [0.717, 1.165) is 16.8 Å². The first-order chi connectivity index (χ1) is 17.0. The molecule has 178 valence electrons. The van der Waals surface area contributed by atoms with Crippen LogP contribution in [0.5, 0.6) is 0 Å². The molecule has 0 radical (unpaired) electrons. The zero-order chi connectivity index (χ0) is 24.0. The fourth-order valence-electron chi connectivity index (χ4n) is 4.31. The van der Waals surface area contributed by atoms with Crippen LogP contribution in [0.1, 0.15) is 15.9 Å². The summed E-state index contributed by atoms with van der Waals surface area (Å²) in [5.74, 6) is -0.0511. The van der Waals surface area contributed by atoms with Gasteiger partial charge in [-0.05, 0) is 35.4 Å². The van der Waals surface area contributed by atoms with Gasteiger partial charge >= 0.3 is 0 Å². The number of rotatable bonds is 5. The van der Waals surface area contributed by atoms with Crippen LogP contribution in [0.3, 0.4) is 0 Å². The van der Waals surface area contributed by atoms with Gasteiger partial charge in [0.1, 0.15) is 0 Å². The van der Waals surface area contributed by atoms with Crippen LogP contribution in [0.15, 0.2) is 60.3 Å². The Hall–Kier alpha value is -3.87. The Balaban J connectivity index is 1.27. The molecule has 2 N–H and O–H groups in total. The summed E-state index contributed by atoms with van der Waals surface area (Å²) in [4.78, 5) is 24.5. The predicted octanol–water partition coefficient (Wildman–Crippen LogP) is 1.80. The summed E-state index contributed by atoms with van der Waals surface area (Å²) in [6, 6.07) is 9.63. The molecule has 11 nitrogen and oxygen atoms in total. The van der Waals surface area contributed by atoms with Crippen molar-refractivity contribution in [3.63, 3.8) is 0 Å². The van der Waals surface area contributed by atoms with Crippen molar-refractivity contribution in [2.45, 2.75) is 11.7 Å². The molecule has 0 bridgehead atoms. The smallest absolute Gasteiger partial charge is 0.278 e. The van der Waals surface area contributed by atoms with E-state index < -0.39 is 10.0 Å². The lowest BCUT2D eigenvalue weighted by molar-refractivity contribution is 0.0728. The molecular weight excluding hydrogens is 470 g/mol. The van der Waals surface area contributed by atoms with Gasteiger partial charge < -0.3 is 15.4 Å². The summed E-state index contributed by atoms with van der Waals surface area (Å²) in [5.41, 5.74) is 5.49. The number of amides is 1. The second-order valence-electron chi connectivity index (χ2n) is 8.20. The summed E-state index contributed by atoms with van der Waals surface area (Å²) in [6.45, 7) is 1.80. The number of aromatic nitrogens is 4. The molecule has 0 saturated carbocycles. The van der Waals surface area contributed by atoms with Crippen molar-refractivity contribution in [2.75, 3.05) is 31.6 Å². The zero-order valence-corrected chi connectivity index (χ0v) is 19.3. The maximum Gasteiger partial charge on any atom is 0.278 e. The van der Waals surface area contributed by atoms with Gasteiger partial charge in [0.25, 0.3) is 21.1 Å². The van der Waals surface area contributed by atoms with Gasteiger partial charge in [-0.15, -0.1) is 0 Å². The van der Waals surface area contributed by atoms with E-state index in [1.807, 2.05) is 40.9 Å². The van der Waals surface area contributed by atoms with Crippen LogP contribution in [-0.2, 0) is 21.3 Å². The number of carbonyl (C=O) groups excluding carboxylic acids is 1. The molecule has 0 aliphatic carbocycles. The number of carbonyl (C=O) groups is 1. The lowest BCUT2D eigenvalue weighted by Crippen LogP contribution is -2.41. The summed E-state index contributed by atoms with van der Waals surface area (Å²) in [7, 11) is -3.76. The molecule has 6 rings (SSSR count). The molecule has 1 saturated heterocycles. The van der Waals surface area contributed by atoms with Gasteiger partial charge in [-0.25, -0.2) is 23.4 Å². The van der Waals surface area contributed by atoms with Crippen LogP contribution in [0, 0.1) is 0 Å². The molecule has 0 atom stereocenters. The number of imidazole rings is 1. The largest absolute Gasteiger partial charge is 0.379 e. The molecule has 0 spiro atoms. The minimum atomic E-state index is -3.76. The third kappa shape index (κ3) is 3.81. The van der Waals surface area contributed by atoms with Crippen molar-refractivity contribution < 1.29 is 17.9 Å². The number of hydrogen-bond acceptors (Lipinski definition) is 8. The highest BCUT2D eigenvalue weighted by Gasteiger charge is 2.28. The van der Waals surface area contributed by atoms with Crippen molar-refractivity contribution in [1.29, 1.82) is 0 Å². The molecule has 0 unspecified atom stereocenters. The zero-order valence-electron chi connectivity index (χ0n) is 18.5. The lowest BCUT2D eigenvalue weighted by atomic mass is 10.0. The van der Waals surface area contributed by atoms with Gasteiger partial charge in [0.2, 0.25) is 0 Å². The number of ether oxygens (including phenoxy) is 1. The predicted molar refractivity (Wildman–Crippen MR) is 127 cm³/mol. The fourth-order valence-corrected chi connectivity index (χ4v) is 5.54. The van der Waals surface area contributed by atoms with Gasteiger partial charge in [0.15, 0.2) is 5.65 Å². The van der Waals surface area contributed by atoms with Crippen LogP contribution in [0.25, 0.3) is 16.9 Å². The van der Waals surface area contributed by atoms with Gasteiger partial charge in [-0.1, -0.05) is 6.07 Å². The normalized spacial score (nSPS) is 16.3. The summed E-state index contributed by atoms with van der Waals surface area (Å²) in [6.07, 6.45) is 6.45. The minimum absolute atomic E-state index is 0.0511. The van der Waals surface area contributed by atoms with Crippen molar-refractivity contribution in [3.05, 3.63) is 66.2 Å². The van der Waals surface area contributed by atoms with E-state index >= 15 is 0 Å². The minimum Gasteiger partial charge on any atom is -0.379 e. The average molecular weight is 492 g/mol. The molecule has 1 aromatic carbocycles.